The van der Waals surface area contributed by atoms with Crippen LogP contribution in [0.5, 0.6) is 17.2 Å². The first kappa shape index (κ1) is 15.7. The number of benzene rings is 2. The third-order valence-corrected chi connectivity index (χ3v) is 3.65. The number of methoxy groups -OCH3 is 2. The number of ether oxygens (including phenoxy) is 3. The molecule has 2 aromatic rings. The summed E-state index contributed by atoms with van der Waals surface area (Å²) in [6, 6.07) is 12.0. The van der Waals surface area contributed by atoms with Crippen molar-refractivity contribution in [2.45, 2.75) is 0 Å². The van der Waals surface area contributed by atoms with Crippen LogP contribution in [0.2, 0.25) is 0 Å². The van der Waals surface area contributed by atoms with Crippen molar-refractivity contribution >= 4 is 17.8 Å². The molecule has 1 aliphatic rings. The topological polar surface area (TPSA) is 65.0 Å². The summed E-state index contributed by atoms with van der Waals surface area (Å²) in [7, 11) is 3.10. The predicted octanol–water partition coefficient (Wildman–Crippen LogP) is 3.39. The summed E-state index contributed by atoms with van der Waals surface area (Å²) in [6.07, 6.45) is 3.21. The van der Waals surface area contributed by atoms with E-state index < -0.39 is 5.97 Å². The number of carbonyl (C=O) groups excluding carboxylic acids is 1. The standard InChI is InChI=1S/C19H16O5/c1-22-14-7-8-15(17(11-14)23-2)18-10-13(19(21)24-18)9-12-5-3-4-6-16(12)20/h3-11,20H,1-2H3/b13-9-. The van der Waals surface area contributed by atoms with Gasteiger partial charge in [-0.25, -0.2) is 4.79 Å². The third kappa shape index (κ3) is 2.96. The van der Waals surface area contributed by atoms with Crippen LogP contribution in [0, 0.1) is 0 Å². The molecule has 3 rings (SSSR count). The van der Waals surface area contributed by atoms with Gasteiger partial charge in [-0.15, -0.1) is 0 Å². The molecule has 0 saturated carbocycles. The molecular formula is C19H16O5. The van der Waals surface area contributed by atoms with Crippen LogP contribution in [0.4, 0.5) is 0 Å². The predicted molar refractivity (Wildman–Crippen MR) is 89.7 cm³/mol. The van der Waals surface area contributed by atoms with Crippen LogP contribution in [0.1, 0.15) is 11.1 Å². The van der Waals surface area contributed by atoms with Gasteiger partial charge in [0.25, 0.3) is 0 Å². The summed E-state index contributed by atoms with van der Waals surface area (Å²) >= 11 is 0. The van der Waals surface area contributed by atoms with E-state index in [0.29, 0.717) is 34.0 Å². The Kier molecular flexibility index (Phi) is 4.24. The van der Waals surface area contributed by atoms with E-state index in [1.54, 1.807) is 61.7 Å². The van der Waals surface area contributed by atoms with Gasteiger partial charge in [-0.2, -0.15) is 0 Å². The summed E-state index contributed by atoms with van der Waals surface area (Å²) < 4.78 is 15.8. The molecule has 0 bridgehead atoms. The van der Waals surface area contributed by atoms with Gasteiger partial charge < -0.3 is 19.3 Å². The Hall–Kier alpha value is -3.21. The highest BCUT2D eigenvalue weighted by molar-refractivity contribution is 6.05. The first-order chi connectivity index (χ1) is 11.6. The van der Waals surface area contributed by atoms with Gasteiger partial charge in [0.05, 0.1) is 25.4 Å². The number of phenols is 1. The maximum atomic E-state index is 12.1. The third-order valence-electron chi connectivity index (χ3n) is 3.65. The fourth-order valence-electron chi connectivity index (χ4n) is 2.40. The second-order valence-electron chi connectivity index (χ2n) is 5.12. The molecule has 0 aliphatic carbocycles. The molecule has 0 aromatic heterocycles. The number of rotatable bonds is 4. The zero-order chi connectivity index (χ0) is 17.1. The summed E-state index contributed by atoms with van der Waals surface area (Å²) in [6.45, 7) is 0. The minimum atomic E-state index is -0.480. The van der Waals surface area contributed by atoms with Crippen molar-refractivity contribution in [2.75, 3.05) is 14.2 Å². The normalized spacial score (nSPS) is 15.2. The first-order valence-electron chi connectivity index (χ1n) is 7.28. The first-order valence-corrected chi connectivity index (χ1v) is 7.28. The lowest BCUT2D eigenvalue weighted by molar-refractivity contribution is -0.130. The summed E-state index contributed by atoms with van der Waals surface area (Å²) in [5, 5.41) is 9.83. The van der Waals surface area contributed by atoms with E-state index in [4.69, 9.17) is 14.2 Å². The van der Waals surface area contributed by atoms with Crippen molar-refractivity contribution in [3.63, 3.8) is 0 Å². The highest BCUT2D eigenvalue weighted by Gasteiger charge is 2.24. The highest BCUT2D eigenvalue weighted by Crippen LogP contribution is 2.35. The Balaban J connectivity index is 1.99. The minimum absolute atomic E-state index is 0.0988. The molecule has 0 unspecified atom stereocenters. The van der Waals surface area contributed by atoms with Gasteiger partial charge in [0.2, 0.25) is 0 Å². The molecule has 0 saturated heterocycles. The number of cyclic esters (lactones) is 1. The lowest BCUT2D eigenvalue weighted by atomic mass is 10.1. The van der Waals surface area contributed by atoms with E-state index >= 15 is 0 Å². The number of para-hydroxylation sites is 1. The Morgan fingerprint density at radius 1 is 1.08 bits per heavy atom. The molecule has 2 aromatic carbocycles. The van der Waals surface area contributed by atoms with Gasteiger partial charge in [-0.3, -0.25) is 0 Å². The van der Waals surface area contributed by atoms with Gasteiger partial charge in [0.1, 0.15) is 23.0 Å². The van der Waals surface area contributed by atoms with Crippen LogP contribution >= 0.6 is 0 Å². The van der Waals surface area contributed by atoms with E-state index in [1.807, 2.05) is 0 Å². The smallest absolute Gasteiger partial charge is 0.343 e. The Labute approximate surface area is 139 Å². The number of carbonyl (C=O) groups is 1. The van der Waals surface area contributed by atoms with Crippen molar-refractivity contribution in [1.29, 1.82) is 0 Å². The maximum absolute atomic E-state index is 12.1. The van der Waals surface area contributed by atoms with E-state index in [2.05, 4.69) is 0 Å². The summed E-state index contributed by atoms with van der Waals surface area (Å²) in [5.41, 5.74) is 1.54. The van der Waals surface area contributed by atoms with Gasteiger partial charge in [-0.05, 0) is 30.4 Å². The van der Waals surface area contributed by atoms with Gasteiger partial charge >= 0.3 is 5.97 Å². The fraction of sp³-hybridized carbons (Fsp3) is 0.105. The summed E-state index contributed by atoms with van der Waals surface area (Å²) in [5.74, 6) is 1.19. The van der Waals surface area contributed by atoms with Crippen LogP contribution in [0.15, 0.2) is 54.1 Å². The molecule has 24 heavy (non-hydrogen) atoms. The lowest BCUT2D eigenvalue weighted by Gasteiger charge is -2.10. The van der Waals surface area contributed by atoms with E-state index in [0.717, 1.165) is 0 Å². The number of hydrogen-bond donors (Lipinski definition) is 1. The van der Waals surface area contributed by atoms with Crippen LogP contribution in [-0.4, -0.2) is 25.3 Å². The molecule has 1 N–H and O–H groups in total. The largest absolute Gasteiger partial charge is 0.507 e. The van der Waals surface area contributed by atoms with Crippen LogP contribution in [0.3, 0.4) is 0 Å². The molecule has 0 radical (unpaired) electrons. The van der Waals surface area contributed by atoms with E-state index in [-0.39, 0.29) is 5.75 Å². The molecule has 1 aliphatic heterocycles. The molecule has 1 heterocycles. The zero-order valence-electron chi connectivity index (χ0n) is 13.3. The number of phenolic OH excluding ortho intramolecular Hbond substituents is 1. The van der Waals surface area contributed by atoms with Crippen molar-refractivity contribution < 1.29 is 24.1 Å². The van der Waals surface area contributed by atoms with Gasteiger partial charge in [0, 0.05) is 11.6 Å². The highest BCUT2D eigenvalue weighted by atomic mass is 16.5. The molecule has 0 amide bonds. The van der Waals surface area contributed by atoms with Crippen LogP contribution < -0.4 is 9.47 Å². The molecule has 0 atom stereocenters. The Morgan fingerprint density at radius 2 is 1.88 bits per heavy atom. The molecule has 0 spiro atoms. The monoisotopic (exact) mass is 324 g/mol. The van der Waals surface area contributed by atoms with E-state index in [9.17, 15) is 9.90 Å². The minimum Gasteiger partial charge on any atom is -0.507 e. The second-order valence-corrected chi connectivity index (χ2v) is 5.12. The Bertz CT molecular complexity index is 849. The van der Waals surface area contributed by atoms with Crippen molar-refractivity contribution in [3.05, 3.63) is 65.2 Å². The van der Waals surface area contributed by atoms with Crippen LogP contribution in [-0.2, 0) is 9.53 Å². The number of esters is 1. The average molecular weight is 324 g/mol. The van der Waals surface area contributed by atoms with Crippen molar-refractivity contribution in [3.8, 4) is 17.2 Å². The van der Waals surface area contributed by atoms with Crippen molar-refractivity contribution in [1.82, 2.24) is 0 Å². The van der Waals surface area contributed by atoms with Gasteiger partial charge in [0.15, 0.2) is 0 Å². The molecule has 5 nitrogen and oxygen atoms in total. The number of aromatic hydroxyl groups is 1. The van der Waals surface area contributed by atoms with E-state index in [1.165, 1.54) is 7.11 Å². The van der Waals surface area contributed by atoms with Crippen LogP contribution in [0.25, 0.3) is 11.8 Å². The molecule has 122 valence electrons. The van der Waals surface area contributed by atoms with Gasteiger partial charge in [-0.1, -0.05) is 18.2 Å². The molecule has 0 fully saturated rings. The quantitative estimate of drug-likeness (QED) is 0.690. The second kappa shape index (κ2) is 6.50. The summed E-state index contributed by atoms with van der Waals surface area (Å²) in [4.78, 5) is 12.1. The molecular weight excluding hydrogens is 308 g/mol. The Morgan fingerprint density at radius 3 is 2.58 bits per heavy atom. The lowest BCUT2D eigenvalue weighted by Crippen LogP contribution is -1.98. The van der Waals surface area contributed by atoms with Crippen molar-refractivity contribution in [2.24, 2.45) is 0 Å². The fourth-order valence-corrected chi connectivity index (χ4v) is 2.40. The molecule has 5 heteroatoms. The SMILES string of the molecule is COc1ccc(C2=C/C(=C/c3ccccc3O)C(=O)O2)c(OC)c1. The maximum Gasteiger partial charge on any atom is 0.343 e. The average Bonchev–Trinajstić information content (AvgIpc) is 2.96. The number of hydrogen-bond acceptors (Lipinski definition) is 5. The zero-order valence-corrected chi connectivity index (χ0v) is 13.3.